The Balaban J connectivity index is 2.88. The van der Waals surface area contributed by atoms with Crippen LogP contribution in [0.4, 0.5) is 13.2 Å². The maximum atomic E-state index is 12.5. The van der Waals surface area contributed by atoms with Crippen molar-refractivity contribution in [2.24, 2.45) is 0 Å². The summed E-state index contributed by atoms with van der Waals surface area (Å²) in [4.78, 5) is 11.0. The molecule has 1 aromatic rings. The van der Waals surface area contributed by atoms with E-state index in [0.717, 1.165) is 12.1 Å². The minimum Gasteiger partial charge on any atom is -0.349 e. The van der Waals surface area contributed by atoms with Crippen molar-refractivity contribution < 1.29 is 18.0 Å². The summed E-state index contributed by atoms with van der Waals surface area (Å²) in [6.45, 7) is 1.60. The first-order valence-corrected chi connectivity index (χ1v) is 5.40. The lowest BCUT2D eigenvalue weighted by molar-refractivity contribution is -0.137. The molecule has 1 N–H and O–H groups in total. The highest BCUT2D eigenvalue weighted by atomic mass is 35.5. The van der Waals surface area contributed by atoms with Crippen molar-refractivity contribution in [1.29, 1.82) is 0 Å². The molecule has 1 rings (SSSR count). The molecule has 0 heterocycles. The van der Waals surface area contributed by atoms with Crippen LogP contribution in [0.1, 0.15) is 24.1 Å². The van der Waals surface area contributed by atoms with E-state index in [9.17, 15) is 18.0 Å². The minimum atomic E-state index is -4.38. The monoisotopic (exact) mass is 265 g/mol. The molecule has 0 fully saturated rings. The van der Waals surface area contributed by atoms with Crippen LogP contribution >= 0.6 is 11.6 Å². The normalized spacial score (nSPS) is 13.2. The first-order chi connectivity index (χ1) is 7.84. The fraction of sp³-hybridized carbons (Fsp3) is 0.364. The maximum absolute atomic E-state index is 12.5. The Hall–Kier alpha value is -1.23. The summed E-state index contributed by atoms with van der Waals surface area (Å²) in [5.74, 6) is -0.639. The number of hydrogen-bond acceptors (Lipinski definition) is 1. The Labute approximate surface area is 102 Å². The molecule has 0 unspecified atom stereocenters. The highest BCUT2D eigenvalue weighted by molar-refractivity contribution is 6.27. The number of carbonyl (C=O) groups is 1. The minimum absolute atomic E-state index is 0.219. The number of benzene rings is 1. The number of halogens is 4. The van der Waals surface area contributed by atoms with Gasteiger partial charge in [0.05, 0.1) is 11.6 Å². The standard InChI is InChI=1S/C11H11ClF3NO/c1-7(16-10(17)6-12)8-3-2-4-9(5-8)11(13,14)15/h2-5,7H,6H2,1H3,(H,16,17)/t7-/m1/s1. The fourth-order valence-corrected chi connectivity index (χ4v) is 1.42. The quantitative estimate of drug-likeness (QED) is 0.836. The van der Waals surface area contributed by atoms with E-state index in [1.807, 2.05) is 0 Å². The van der Waals surface area contributed by atoms with Crippen LogP contribution in [0.5, 0.6) is 0 Å². The summed E-state index contributed by atoms with van der Waals surface area (Å²) in [5.41, 5.74) is -0.347. The second-order valence-electron chi connectivity index (χ2n) is 3.55. The Bertz CT molecular complexity index is 406. The van der Waals surface area contributed by atoms with E-state index >= 15 is 0 Å². The molecule has 0 aliphatic rings. The molecular weight excluding hydrogens is 255 g/mol. The van der Waals surface area contributed by atoms with Crippen molar-refractivity contribution in [1.82, 2.24) is 5.32 Å². The fourth-order valence-electron chi connectivity index (χ4n) is 1.35. The maximum Gasteiger partial charge on any atom is 0.416 e. The van der Waals surface area contributed by atoms with Gasteiger partial charge in [-0.15, -0.1) is 11.6 Å². The van der Waals surface area contributed by atoms with E-state index in [0.29, 0.717) is 5.56 Å². The molecule has 0 spiro atoms. The van der Waals surface area contributed by atoms with Crippen molar-refractivity contribution in [3.05, 3.63) is 35.4 Å². The van der Waals surface area contributed by atoms with Gasteiger partial charge < -0.3 is 5.32 Å². The molecule has 0 bridgehead atoms. The first kappa shape index (κ1) is 13.8. The lowest BCUT2D eigenvalue weighted by Crippen LogP contribution is -2.27. The van der Waals surface area contributed by atoms with Crippen LogP contribution in [0.3, 0.4) is 0 Å². The summed E-state index contributed by atoms with van der Waals surface area (Å²) in [6.07, 6.45) is -4.38. The van der Waals surface area contributed by atoms with Crippen LogP contribution in [0, 0.1) is 0 Å². The predicted molar refractivity (Wildman–Crippen MR) is 58.7 cm³/mol. The van der Waals surface area contributed by atoms with E-state index in [1.165, 1.54) is 12.1 Å². The van der Waals surface area contributed by atoms with E-state index in [-0.39, 0.29) is 5.88 Å². The molecule has 0 saturated carbocycles. The summed E-state index contributed by atoms with van der Waals surface area (Å²) in [5, 5.41) is 2.49. The number of hydrogen-bond donors (Lipinski definition) is 1. The molecular formula is C11H11ClF3NO. The van der Waals surface area contributed by atoms with Crippen molar-refractivity contribution in [2.45, 2.75) is 19.1 Å². The number of amides is 1. The molecule has 0 aliphatic carbocycles. The molecule has 1 amide bonds. The third kappa shape index (κ3) is 3.93. The van der Waals surface area contributed by atoms with Crippen molar-refractivity contribution in [3.63, 3.8) is 0 Å². The summed E-state index contributed by atoms with van der Waals surface area (Å²) in [6, 6.07) is 4.32. The third-order valence-corrected chi connectivity index (χ3v) is 2.46. The van der Waals surface area contributed by atoms with Gasteiger partial charge in [0.15, 0.2) is 0 Å². The predicted octanol–water partition coefficient (Wildman–Crippen LogP) is 3.12. The molecule has 94 valence electrons. The van der Waals surface area contributed by atoms with Gasteiger partial charge in [0.25, 0.3) is 0 Å². The van der Waals surface area contributed by atoms with Crippen molar-refractivity contribution in [3.8, 4) is 0 Å². The van der Waals surface area contributed by atoms with E-state index in [4.69, 9.17) is 11.6 Å². The molecule has 17 heavy (non-hydrogen) atoms. The average molecular weight is 266 g/mol. The second kappa shape index (κ2) is 5.40. The van der Waals surface area contributed by atoms with Crippen LogP contribution in [0.15, 0.2) is 24.3 Å². The van der Waals surface area contributed by atoms with Crippen LogP contribution in [-0.4, -0.2) is 11.8 Å². The van der Waals surface area contributed by atoms with Crippen LogP contribution in [0.2, 0.25) is 0 Å². The Morgan fingerprint density at radius 3 is 2.65 bits per heavy atom. The Kier molecular flexibility index (Phi) is 4.40. The van der Waals surface area contributed by atoms with Crippen LogP contribution in [0.25, 0.3) is 0 Å². The van der Waals surface area contributed by atoms with Gasteiger partial charge in [-0.1, -0.05) is 12.1 Å². The number of carbonyl (C=O) groups excluding carboxylic acids is 1. The zero-order valence-electron chi connectivity index (χ0n) is 9.01. The Morgan fingerprint density at radius 1 is 1.47 bits per heavy atom. The molecule has 0 radical (unpaired) electrons. The van der Waals surface area contributed by atoms with Gasteiger partial charge in [-0.25, -0.2) is 0 Å². The van der Waals surface area contributed by atoms with Gasteiger partial charge in [-0.2, -0.15) is 13.2 Å². The smallest absolute Gasteiger partial charge is 0.349 e. The SMILES string of the molecule is C[C@@H](NC(=O)CCl)c1cccc(C(F)(F)F)c1. The van der Waals surface area contributed by atoms with Crippen LogP contribution < -0.4 is 5.32 Å². The van der Waals surface area contributed by atoms with Gasteiger partial charge in [-0.3, -0.25) is 4.79 Å². The number of nitrogens with one attached hydrogen (secondary N) is 1. The van der Waals surface area contributed by atoms with Gasteiger partial charge in [0, 0.05) is 0 Å². The van der Waals surface area contributed by atoms with Gasteiger partial charge in [0.2, 0.25) is 5.91 Å². The lowest BCUT2D eigenvalue weighted by Gasteiger charge is -2.15. The summed E-state index contributed by atoms with van der Waals surface area (Å²) < 4.78 is 37.4. The van der Waals surface area contributed by atoms with Crippen LogP contribution in [-0.2, 0) is 11.0 Å². The third-order valence-electron chi connectivity index (χ3n) is 2.21. The molecule has 1 aromatic carbocycles. The van der Waals surface area contributed by atoms with Gasteiger partial charge in [0.1, 0.15) is 5.88 Å². The lowest BCUT2D eigenvalue weighted by atomic mass is 10.0. The van der Waals surface area contributed by atoms with Gasteiger partial charge >= 0.3 is 6.18 Å². The zero-order chi connectivity index (χ0) is 13.1. The molecule has 2 nitrogen and oxygen atoms in total. The van der Waals surface area contributed by atoms with E-state index in [1.54, 1.807) is 6.92 Å². The molecule has 1 atom stereocenters. The summed E-state index contributed by atoms with van der Waals surface area (Å²) in [7, 11) is 0. The van der Waals surface area contributed by atoms with E-state index < -0.39 is 23.7 Å². The topological polar surface area (TPSA) is 29.1 Å². The number of alkyl halides is 4. The summed E-state index contributed by atoms with van der Waals surface area (Å²) >= 11 is 5.30. The second-order valence-corrected chi connectivity index (χ2v) is 3.81. The molecule has 0 saturated heterocycles. The molecule has 0 aliphatic heterocycles. The van der Waals surface area contributed by atoms with Crippen molar-refractivity contribution >= 4 is 17.5 Å². The average Bonchev–Trinajstić information content (AvgIpc) is 2.28. The Morgan fingerprint density at radius 2 is 2.12 bits per heavy atom. The molecule has 0 aromatic heterocycles. The zero-order valence-corrected chi connectivity index (χ0v) is 9.77. The molecule has 6 heteroatoms. The largest absolute Gasteiger partial charge is 0.416 e. The highest BCUT2D eigenvalue weighted by Gasteiger charge is 2.30. The van der Waals surface area contributed by atoms with E-state index in [2.05, 4.69) is 5.32 Å². The van der Waals surface area contributed by atoms with Gasteiger partial charge in [-0.05, 0) is 24.6 Å². The highest BCUT2D eigenvalue weighted by Crippen LogP contribution is 2.30. The first-order valence-electron chi connectivity index (χ1n) is 4.87. The van der Waals surface area contributed by atoms with Crippen molar-refractivity contribution in [2.75, 3.05) is 5.88 Å². The number of rotatable bonds is 3.